The minimum Gasteiger partial charge on any atom is -0.343 e. The van der Waals surface area contributed by atoms with Crippen molar-refractivity contribution in [2.45, 2.75) is 32.1 Å². The predicted octanol–water partition coefficient (Wildman–Crippen LogP) is 1.41. The molecule has 0 unspecified atom stereocenters. The topological polar surface area (TPSA) is 20.3 Å². The molecule has 0 aromatic carbocycles. The maximum atomic E-state index is 11.4. The van der Waals surface area contributed by atoms with Gasteiger partial charge in [0.25, 0.3) is 0 Å². The number of rotatable bonds is 3. The lowest BCUT2D eigenvalue weighted by Crippen LogP contribution is -2.27. The molecule has 0 aromatic heterocycles. The van der Waals surface area contributed by atoms with E-state index in [2.05, 4.69) is 5.92 Å². The van der Waals surface area contributed by atoms with E-state index in [4.69, 9.17) is 6.42 Å². The van der Waals surface area contributed by atoms with E-state index >= 15 is 0 Å². The van der Waals surface area contributed by atoms with Crippen molar-refractivity contribution in [2.75, 3.05) is 13.1 Å². The summed E-state index contributed by atoms with van der Waals surface area (Å²) >= 11 is 0. The van der Waals surface area contributed by atoms with E-state index in [1.165, 1.54) is 12.8 Å². The highest BCUT2D eigenvalue weighted by Gasteiger charge is 2.16. The number of amides is 1. The Balaban J connectivity index is 2.15. The molecule has 0 spiro atoms. The molecule has 2 heteroatoms. The number of terminal acetylenes is 1. The van der Waals surface area contributed by atoms with E-state index in [-0.39, 0.29) is 5.91 Å². The summed E-state index contributed by atoms with van der Waals surface area (Å²) < 4.78 is 0. The Morgan fingerprint density at radius 3 is 2.67 bits per heavy atom. The lowest BCUT2D eigenvalue weighted by molar-refractivity contribution is -0.130. The molecule has 1 amide bonds. The first-order valence-corrected chi connectivity index (χ1v) is 4.56. The third-order valence-electron chi connectivity index (χ3n) is 2.17. The average molecular weight is 165 g/mol. The first-order valence-electron chi connectivity index (χ1n) is 4.56. The molecule has 0 radical (unpaired) electrons. The van der Waals surface area contributed by atoms with E-state index in [0.29, 0.717) is 6.42 Å². The molecule has 0 aliphatic carbocycles. The quantitative estimate of drug-likeness (QED) is 0.457. The molecule has 2 nitrogen and oxygen atoms in total. The second kappa shape index (κ2) is 4.82. The Kier molecular flexibility index (Phi) is 3.66. The van der Waals surface area contributed by atoms with Crippen LogP contribution in [0.1, 0.15) is 32.1 Å². The highest BCUT2D eigenvalue weighted by molar-refractivity contribution is 5.76. The minimum atomic E-state index is 0.280. The zero-order valence-corrected chi connectivity index (χ0v) is 7.38. The Morgan fingerprint density at radius 1 is 1.42 bits per heavy atom. The van der Waals surface area contributed by atoms with E-state index in [1.807, 2.05) is 4.90 Å². The number of unbranched alkanes of at least 4 members (excludes halogenated alkanes) is 1. The summed E-state index contributed by atoms with van der Waals surface area (Å²) in [6.07, 6.45) is 9.62. The third-order valence-corrected chi connectivity index (χ3v) is 2.17. The van der Waals surface area contributed by atoms with Crippen molar-refractivity contribution in [3.8, 4) is 12.3 Å². The summed E-state index contributed by atoms with van der Waals surface area (Å²) in [7, 11) is 0. The molecule has 12 heavy (non-hydrogen) atoms. The first-order chi connectivity index (χ1) is 5.84. The summed E-state index contributed by atoms with van der Waals surface area (Å²) in [5, 5.41) is 0. The Hall–Kier alpha value is -0.970. The van der Waals surface area contributed by atoms with Gasteiger partial charge in [-0.2, -0.15) is 0 Å². The van der Waals surface area contributed by atoms with Crippen LogP contribution in [0.15, 0.2) is 0 Å². The molecule has 0 saturated carbocycles. The van der Waals surface area contributed by atoms with Crippen LogP contribution >= 0.6 is 0 Å². The van der Waals surface area contributed by atoms with Crippen molar-refractivity contribution in [3.05, 3.63) is 0 Å². The van der Waals surface area contributed by atoms with Gasteiger partial charge >= 0.3 is 0 Å². The number of likely N-dealkylation sites (tertiary alicyclic amines) is 1. The molecule has 1 aliphatic rings. The van der Waals surface area contributed by atoms with Crippen LogP contribution in [0.3, 0.4) is 0 Å². The standard InChI is InChI=1S/C10H15NO/c1-2-3-4-7-10(12)11-8-5-6-9-11/h1H,3-9H2. The SMILES string of the molecule is C#CCCCC(=O)N1CCCC1. The highest BCUT2D eigenvalue weighted by atomic mass is 16.2. The molecular formula is C10H15NO. The highest BCUT2D eigenvalue weighted by Crippen LogP contribution is 2.10. The van der Waals surface area contributed by atoms with Crippen LogP contribution in [0.4, 0.5) is 0 Å². The molecule has 0 bridgehead atoms. The molecule has 0 atom stereocenters. The summed E-state index contributed by atoms with van der Waals surface area (Å²) in [4.78, 5) is 13.3. The zero-order chi connectivity index (χ0) is 8.81. The number of carbonyl (C=O) groups excluding carboxylic acids is 1. The van der Waals surface area contributed by atoms with Gasteiger partial charge < -0.3 is 4.90 Å². The smallest absolute Gasteiger partial charge is 0.222 e. The van der Waals surface area contributed by atoms with E-state index < -0.39 is 0 Å². The Labute approximate surface area is 73.9 Å². The second-order valence-electron chi connectivity index (χ2n) is 3.15. The monoisotopic (exact) mass is 165 g/mol. The summed E-state index contributed by atoms with van der Waals surface area (Å²) in [5.74, 6) is 2.82. The molecule has 1 fully saturated rings. The van der Waals surface area contributed by atoms with Crippen LogP contribution in [0.5, 0.6) is 0 Å². The maximum absolute atomic E-state index is 11.4. The predicted molar refractivity (Wildman–Crippen MR) is 48.5 cm³/mol. The number of nitrogens with zero attached hydrogens (tertiary/aromatic N) is 1. The molecule has 66 valence electrons. The number of carbonyl (C=O) groups is 1. The van der Waals surface area contributed by atoms with Crippen molar-refractivity contribution in [3.63, 3.8) is 0 Å². The van der Waals surface area contributed by atoms with Gasteiger partial charge in [0.15, 0.2) is 0 Å². The fourth-order valence-corrected chi connectivity index (χ4v) is 1.47. The fraction of sp³-hybridized carbons (Fsp3) is 0.700. The molecule has 1 heterocycles. The van der Waals surface area contributed by atoms with Crippen molar-refractivity contribution in [1.82, 2.24) is 4.90 Å². The van der Waals surface area contributed by atoms with Crippen molar-refractivity contribution in [1.29, 1.82) is 0 Å². The largest absolute Gasteiger partial charge is 0.343 e. The van der Waals surface area contributed by atoms with Crippen molar-refractivity contribution < 1.29 is 4.79 Å². The fourth-order valence-electron chi connectivity index (χ4n) is 1.47. The summed E-state index contributed by atoms with van der Waals surface area (Å²) in [5.41, 5.74) is 0. The normalized spacial score (nSPS) is 16.1. The average Bonchev–Trinajstić information content (AvgIpc) is 2.56. The van der Waals surface area contributed by atoms with Gasteiger partial charge in [0.2, 0.25) is 5.91 Å². The van der Waals surface area contributed by atoms with Crippen LogP contribution in [-0.4, -0.2) is 23.9 Å². The van der Waals surface area contributed by atoms with Gasteiger partial charge in [0.05, 0.1) is 0 Å². The van der Waals surface area contributed by atoms with Crippen LogP contribution < -0.4 is 0 Å². The van der Waals surface area contributed by atoms with Gasteiger partial charge in [0, 0.05) is 25.9 Å². The van der Waals surface area contributed by atoms with Gasteiger partial charge in [-0.15, -0.1) is 12.3 Å². The van der Waals surface area contributed by atoms with Gasteiger partial charge in [-0.3, -0.25) is 4.79 Å². The molecule has 1 saturated heterocycles. The van der Waals surface area contributed by atoms with Crippen LogP contribution in [0, 0.1) is 12.3 Å². The van der Waals surface area contributed by atoms with E-state index in [1.54, 1.807) is 0 Å². The minimum absolute atomic E-state index is 0.280. The van der Waals surface area contributed by atoms with Crippen LogP contribution in [0.2, 0.25) is 0 Å². The Morgan fingerprint density at radius 2 is 2.08 bits per heavy atom. The second-order valence-corrected chi connectivity index (χ2v) is 3.15. The van der Waals surface area contributed by atoms with Gasteiger partial charge in [-0.05, 0) is 19.3 Å². The summed E-state index contributed by atoms with van der Waals surface area (Å²) in [6.45, 7) is 1.91. The first kappa shape index (κ1) is 9.12. The van der Waals surface area contributed by atoms with Gasteiger partial charge in [0.1, 0.15) is 0 Å². The molecule has 0 aromatic rings. The lowest BCUT2D eigenvalue weighted by Gasteiger charge is -2.14. The lowest BCUT2D eigenvalue weighted by atomic mass is 10.2. The van der Waals surface area contributed by atoms with E-state index in [0.717, 1.165) is 25.9 Å². The number of hydrogen-bond acceptors (Lipinski definition) is 1. The summed E-state index contributed by atoms with van der Waals surface area (Å²) in [6, 6.07) is 0. The molecule has 1 rings (SSSR count). The Bertz CT molecular complexity index is 187. The molecule has 0 N–H and O–H groups in total. The third kappa shape index (κ3) is 2.58. The van der Waals surface area contributed by atoms with Crippen LogP contribution in [-0.2, 0) is 4.79 Å². The molecule has 1 aliphatic heterocycles. The van der Waals surface area contributed by atoms with Crippen LogP contribution in [0.25, 0.3) is 0 Å². The van der Waals surface area contributed by atoms with E-state index in [9.17, 15) is 4.79 Å². The van der Waals surface area contributed by atoms with Gasteiger partial charge in [-0.1, -0.05) is 0 Å². The van der Waals surface area contributed by atoms with Gasteiger partial charge in [-0.25, -0.2) is 0 Å². The zero-order valence-electron chi connectivity index (χ0n) is 7.38. The maximum Gasteiger partial charge on any atom is 0.222 e. The van der Waals surface area contributed by atoms with Crippen molar-refractivity contribution >= 4 is 5.91 Å². The molecular weight excluding hydrogens is 150 g/mol. The number of hydrogen-bond donors (Lipinski definition) is 0. The van der Waals surface area contributed by atoms with Crippen molar-refractivity contribution in [2.24, 2.45) is 0 Å².